The molecule has 0 fully saturated rings. The van der Waals surface area contributed by atoms with Crippen molar-refractivity contribution >= 4 is 11.9 Å². The first-order chi connectivity index (χ1) is 9.13. The van der Waals surface area contributed by atoms with Gasteiger partial charge in [0.25, 0.3) is 0 Å². The van der Waals surface area contributed by atoms with Crippen molar-refractivity contribution in [2.45, 2.75) is 12.5 Å². The summed E-state index contributed by atoms with van der Waals surface area (Å²) in [6, 6.07) is 9.12. The number of rotatable bonds is 7. The van der Waals surface area contributed by atoms with Crippen LogP contribution in [0.4, 0.5) is 0 Å². The van der Waals surface area contributed by atoms with E-state index in [0.717, 1.165) is 0 Å². The van der Waals surface area contributed by atoms with E-state index in [-0.39, 0.29) is 25.5 Å². The molecule has 0 bridgehead atoms. The maximum atomic E-state index is 11.4. The SMILES string of the molecule is COC(=O)C(O)CNC(=O)CCOc1ccccc1. The van der Waals surface area contributed by atoms with E-state index < -0.39 is 12.1 Å². The van der Waals surface area contributed by atoms with E-state index >= 15 is 0 Å². The summed E-state index contributed by atoms with van der Waals surface area (Å²) >= 11 is 0. The van der Waals surface area contributed by atoms with Gasteiger partial charge >= 0.3 is 5.97 Å². The van der Waals surface area contributed by atoms with E-state index in [2.05, 4.69) is 10.1 Å². The molecule has 104 valence electrons. The maximum Gasteiger partial charge on any atom is 0.336 e. The predicted molar refractivity (Wildman–Crippen MR) is 67.6 cm³/mol. The third-order valence-electron chi connectivity index (χ3n) is 2.31. The number of ether oxygens (including phenoxy) is 2. The van der Waals surface area contributed by atoms with E-state index in [9.17, 15) is 14.7 Å². The first kappa shape index (κ1) is 15.0. The Morgan fingerprint density at radius 3 is 2.63 bits per heavy atom. The minimum Gasteiger partial charge on any atom is -0.493 e. The summed E-state index contributed by atoms with van der Waals surface area (Å²) in [6.45, 7) is 0.0566. The van der Waals surface area contributed by atoms with E-state index in [4.69, 9.17) is 4.74 Å². The molecule has 2 N–H and O–H groups in total. The summed E-state index contributed by atoms with van der Waals surface area (Å²) in [5, 5.41) is 11.7. The van der Waals surface area contributed by atoms with Gasteiger partial charge in [-0.3, -0.25) is 4.79 Å². The summed E-state index contributed by atoms with van der Waals surface area (Å²) in [5.41, 5.74) is 0. The number of hydrogen-bond donors (Lipinski definition) is 2. The van der Waals surface area contributed by atoms with Gasteiger partial charge < -0.3 is 19.9 Å². The molecule has 0 aliphatic rings. The lowest BCUT2D eigenvalue weighted by atomic mass is 10.3. The van der Waals surface area contributed by atoms with Gasteiger partial charge in [0, 0.05) is 0 Å². The molecule has 1 aromatic carbocycles. The molecule has 0 heterocycles. The third-order valence-corrected chi connectivity index (χ3v) is 2.31. The van der Waals surface area contributed by atoms with Gasteiger partial charge in [-0.05, 0) is 12.1 Å². The Bertz CT molecular complexity index is 407. The first-order valence-corrected chi connectivity index (χ1v) is 5.84. The highest BCUT2D eigenvalue weighted by molar-refractivity contribution is 5.78. The number of hydrogen-bond acceptors (Lipinski definition) is 5. The Labute approximate surface area is 111 Å². The second-order valence-corrected chi connectivity index (χ2v) is 3.75. The van der Waals surface area contributed by atoms with Crippen molar-refractivity contribution in [2.75, 3.05) is 20.3 Å². The molecule has 1 amide bonds. The number of carbonyl (C=O) groups is 2. The molecule has 0 aliphatic heterocycles. The van der Waals surface area contributed by atoms with Crippen molar-refractivity contribution < 1.29 is 24.2 Å². The van der Waals surface area contributed by atoms with Crippen molar-refractivity contribution in [1.29, 1.82) is 0 Å². The minimum atomic E-state index is -1.34. The van der Waals surface area contributed by atoms with Crippen LogP contribution in [0.5, 0.6) is 5.75 Å². The predicted octanol–water partition coefficient (Wildman–Crippen LogP) is 0.106. The Balaban J connectivity index is 2.16. The van der Waals surface area contributed by atoms with Gasteiger partial charge in [0.2, 0.25) is 5.91 Å². The number of amides is 1. The van der Waals surface area contributed by atoms with Crippen LogP contribution in [0, 0.1) is 0 Å². The average molecular weight is 267 g/mol. The van der Waals surface area contributed by atoms with Crippen LogP contribution in [0.25, 0.3) is 0 Å². The van der Waals surface area contributed by atoms with Crippen LogP contribution < -0.4 is 10.1 Å². The number of carbonyl (C=O) groups excluding carboxylic acids is 2. The highest BCUT2D eigenvalue weighted by Crippen LogP contribution is 2.08. The van der Waals surface area contributed by atoms with Crippen LogP contribution >= 0.6 is 0 Å². The summed E-state index contributed by atoms with van der Waals surface area (Å²) in [5.74, 6) is -0.399. The molecule has 0 aliphatic carbocycles. The lowest BCUT2D eigenvalue weighted by molar-refractivity contribution is -0.150. The highest BCUT2D eigenvalue weighted by Gasteiger charge is 2.15. The third kappa shape index (κ3) is 5.87. The summed E-state index contributed by atoms with van der Waals surface area (Å²) in [6.07, 6.45) is -1.20. The summed E-state index contributed by atoms with van der Waals surface area (Å²) < 4.78 is 9.66. The molecule has 0 radical (unpaired) electrons. The molecular formula is C13H17NO5. The minimum absolute atomic E-state index is 0.142. The number of nitrogens with one attached hydrogen (secondary N) is 1. The fourth-order valence-corrected chi connectivity index (χ4v) is 1.30. The second kappa shape index (κ2) is 8.10. The molecule has 0 saturated heterocycles. The van der Waals surface area contributed by atoms with Crippen LogP contribution in [0.15, 0.2) is 30.3 Å². The van der Waals surface area contributed by atoms with Crippen molar-refractivity contribution in [1.82, 2.24) is 5.32 Å². The van der Waals surface area contributed by atoms with E-state index in [1.54, 1.807) is 12.1 Å². The molecule has 6 heteroatoms. The van der Waals surface area contributed by atoms with Gasteiger partial charge in [0.05, 0.1) is 26.7 Å². The van der Waals surface area contributed by atoms with Crippen molar-refractivity contribution in [3.05, 3.63) is 30.3 Å². The number of aliphatic hydroxyl groups is 1. The Morgan fingerprint density at radius 2 is 2.00 bits per heavy atom. The van der Waals surface area contributed by atoms with Crippen molar-refractivity contribution in [3.8, 4) is 5.75 Å². The van der Waals surface area contributed by atoms with Crippen molar-refractivity contribution in [3.63, 3.8) is 0 Å². The standard InChI is InChI=1S/C13H17NO5/c1-18-13(17)11(15)9-14-12(16)7-8-19-10-5-3-2-4-6-10/h2-6,11,15H,7-9H2,1H3,(H,14,16). The topological polar surface area (TPSA) is 84.9 Å². The van der Waals surface area contributed by atoms with Gasteiger partial charge in [-0.15, -0.1) is 0 Å². The average Bonchev–Trinajstić information content (AvgIpc) is 2.45. The quantitative estimate of drug-likeness (QED) is 0.685. The normalized spacial score (nSPS) is 11.5. The van der Waals surface area contributed by atoms with Crippen molar-refractivity contribution in [2.24, 2.45) is 0 Å². The second-order valence-electron chi connectivity index (χ2n) is 3.75. The number of benzene rings is 1. The monoisotopic (exact) mass is 267 g/mol. The molecule has 1 rings (SSSR count). The molecule has 1 atom stereocenters. The molecule has 1 aromatic rings. The zero-order valence-corrected chi connectivity index (χ0v) is 10.7. The van der Waals surface area contributed by atoms with Crippen LogP contribution in [-0.4, -0.2) is 43.3 Å². The Hall–Kier alpha value is -2.08. The van der Waals surface area contributed by atoms with E-state index in [1.807, 2.05) is 18.2 Å². The fraction of sp³-hybridized carbons (Fsp3) is 0.385. The van der Waals surface area contributed by atoms with E-state index in [1.165, 1.54) is 7.11 Å². The number of esters is 1. The molecule has 6 nitrogen and oxygen atoms in total. The van der Waals surface area contributed by atoms with Gasteiger partial charge in [-0.1, -0.05) is 18.2 Å². The summed E-state index contributed by atoms with van der Waals surface area (Å²) in [7, 11) is 1.17. The fourth-order valence-electron chi connectivity index (χ4n) is 1.30. The molecule has 0 saturated carbocycles. The number of para-hydroxylation sites is 1. The largest absolute Gasteiger partial charge is 0.493 e. The van der Waals surface area contributed by atoms with Crippen LogP contribution in [-0.2, 0) is 14.3 Å². The smallest absolute Gasteiger partial charge is 0.336 e. The lowest BCUT2D eigenvalue weighted by Gasteiger charge is -2.10. The zero-order valence-electron chi connectivity index (χ0n) is 10.7. The van der Waals surface area contributed by atoms with E-state index in [0.29, 0.717) is 5.75 Å². The van der Waals surface area contributed by atoms with Gasteiger partial charge in [0.1, 0.15) is 5.75 Å². The highest BCUT2D eigenvalue weighted by atomic mass is 16.5. The molecule has 1 unspecified atom stereocenters. The van der Waals surface area contributed by atoms with Gasteiger partial charge in [-0.25, -0.2) is 4.79 Å². The molecular weight excluding hydrogens is 250 g/mol. The molecule has 0 spiro atoms. The van der Waals surface area contributed by atoms with Crippen LogP contribution in [0.2, 0.25) is 0 Å². The number of aliphatic hydroxyl groups excluding tert-OH is 1. The summed E-state index contributed by atoms with van der Waals surface area (Å²) in [4.78, 5) is 22.3. The first-order valence-electron chi connectivity index (χ1n) is 5.84. The van der Waals surface area contributed by atoms with Crippen LogP contribution in [0.3, 0.4) is 0 Å². The number of methoxy groups -OCH3 is 1. The van der Waals surface area contributed by atoms with Crippen LogP contribution in [0.1, 0.15) is 6.42 Å². The van der Waals surface area contributed by atoms with Gasteiger partial charge in [-0.2, -0.15) is 0 Å². The maximum absolute atomic E-state index is 11.4. The lowest BCUT2D eigenvalue weighted by Crippen LogP contribution is -2.37. The Morgan fingerprint density at radius 1 is 1.32 bits per heavy atom. The zero-order chi connectivity index (χ0) is 14.1. The van der Waals surface area contributed by atoms with Gasteiger partial charge in [0.15, 0.2) is 6.10 Å². The Kier molecular flexibility index (Phi) is 6.38. The molecule has 19 heavy (non-hydrogen) atoms. The molecule has 0 aromatic heterocycles.